The summed E-state index contributed by atoms with van der Waals surface area (Å²) in [6, 6.07) is 2.78. The number of nitrogens with zero attached hydrogens (tertiary/aromatic N) is 2. The van der Waals surface area contributed by atoms with E-state index in [1.807, 2.05) is 0 Å². The number of aromatic nitrogens is 2. The van der Waals surface area contributed by atoms with Gasteiger partial charge in [0.2, 0.25) is 0 Å². The van der Waals surface area contributed by atoms with Crippen LogP contribution in [0.3, 0.4) is 0 Å². The van der Waals surface area contributed by atoms with Gasteiger partial charge in [0.1, 0.15) is 17.9 Å². The number of aryl methyl sites for hydroxylation is 1. The summed E-state index contributed by atoms with van der Waals surface area (Å²) in [5.74, 6) is -5.79. The van der Waals surface area contributed by atoms with Crippen LogP contribution in [0.4, 0.5) is 0 Å². The summed E-state index contributed by atoms with van der Waals surface area (Å²) >= 11 is 11.9. The van der Waals surface area contributed by atoms with Crippen molar-refractivity contribution in [2.75, 3.05) is 6.61 Å². The molecule has 2 aromatic rings. The van der Waals surface area contributed by atoms with E-state index in [1.54, 1.807) is 27.7 Å². The highest BCUT2D eigenvalue weighted by Crippen LogP contribution is 2.26. The van der Waals surface area contributed by atoms with Crippen LogP contribution in [0.15, 0.2) is 24.4 Å². The van der Waals surface area contributed by atoms with Gasteiger partial charge in [0.05, 0.1) is 16.9 Å². The van der Waals surface area contributed by atoms with Crippen molar-refractivity contribution in [1.82, 2.24) is 15.3 Å². The molecular formula is C27H29Cl2N3O9. The molecule has 1 N–H and O–H groups in total. The van der Waals surface area contributed by atoms with Gasteiger partial charge in [0, 0.05) is 6.20 Å². The van der Waals surface area contributed by atoms with E-state index >= 15 is 0 Å². The molecular weight excluding hydrogens is 581 g/mol. The van der Waals surface area contributed by atoms with Gasteiger partial charge in [-0.05, 0) is 44.0 Å². The summed E-state index contributed by atoms with van der Waals surface area (Å²) < 4.78 is 21.7. The van der Waals surface area contributed by atoms with Gasteiger partial charge in [0.25, 0.3) is 5.91 Å². The fourth-order valence-corrected chi connectivity index (χ4v) is 4.18. The fourth-order valence-electron chi connectivity index (χ4n) is 3.85. The van der Waals surface area contributed by atoms with Crippen LogP contribution in [0.1, 0.15) is 60.7 Å². The average Bonchev–Trinajstić information content (AvgIpc) is 2.95. The number of carbonyl (C=O) groups is 5. The van der Waals surface area contributed by atoms with Crippen molar-refractivity contribution >= 4 is 53.0 Å². The molecule has 41 heavy (non-hydrogen) atoms. The van der Waals surface area contributed by atoms with Crippen LogP contribution in [0.2, 0.25) is 10.2 Å². The van der Waals surface area contributed by atoms with Crippen molar-refractivity contribution in [2.45, 2.75) is 59.3 Å². The topological polar surface area (TPSA) is 160 Å². The first-order valence-corrected chi connectivity index (χ1v) is 13.5. The maximum absolute atomic E-state index is 13.3. The molecule has 1 saturated heterocycles. The summed E-state index contributed by atoms with van der Waals surface area (Å²) in [4.78, 5) is 72.2. The van der Waals surface area contributed by atoms with Crippen molar-refractivity contribution in [3.8, 4) is 5.75 Å². The number of rotatable bonds is 7. The van der Waals surface area contributed by atoms with Gasteiger partial charge in [-0.25, -0.2) is 19.6 Å². The molecule has 220 valence electrons. The van der Waals surface area contributed by atoms with Gasteiger partial charge in [0.15, 0.2) is 29.3 Å². The van der Waals surface area contributed by atoms with Gasteiger partial charge >= 0.3 is 23.9 Å². The summed E-state index contributed by atoms with van der Waals surface area (Å²) in [6.45, 7) is 7.43. The number of cyclic esters (lactones) is 2. The SMILES string of the molecule is CCC1C(=O)OCC(NC(=O)c2nccc(C)c2OC(=O)c2nc(Cl)ccc2Cl)C(=O)OC(C)C1OC(=O)C(C)C. The molecule has 1 fully saturated rings. The Balaban J connectivity index is 1.85. The molecule has 0 spiro atoms. The van der Waals surface area contributed by atoms with Gasteiger partial charge in [-0.1, -0.05) is 44.0 Å². The molecule has 0 saturated carbocycles. The molecule has 0 aromatic carbocycles. The van der Waals surface area contributed by atoms with Crippen molar-refractivity contribution in [3.05, 3.63) is 51.5 Å². The number of halogens is 2. The molecule has 0 aliphatic carbocycles. The maximum atomic E-state index is 13.3. The van der Waals surface area contributed by atoms with E-state index < -0.39 is 66.5 Å². The number of hydrogen-bond donors (Lipinski definition) is 1. The first-order valence-electron chi connectivity index (χ1n) is 12.7. The van der Waals surface area contributed by atoms with E-state index in [9.17, 15) is 24.0 Å². The number of esters is 4. The smallest absolute Gasteiger partial charge is 0.364 e. The lowest BCUT2D eigenvalue weighted by atomic mass is 9.95. The van der Waals surface area contributed by atoms with Gasteiger partial charge in [-0.15, -0.1) is 0 Å². The normalized spacial score (nSPS) is 21.1. The van der Waals surface area contributed by atoms with E-state index in [2.05, 4.69) is 15.3 Å². The number of pyridine rings is 2. The van der Waals surface area contributed by atoms with Crippen LogP contribution in [0.25, 0.3) is 0 Å². The predicted octanol–water partition coefficient (Wildman–Crippen LogP) is 3.49. The molecule has 0 bridgehead atoms. The third-order valence-electron chi connectivity index (χ3n) is 6.13. The van der Waals surface area contributed by atoms with Crippen LogP contribution in [0.5, 0.6) is 5.75 Å². The molecule has 1 aliphatic rings. The highest BCUT2D eigenvalue weighted by Gasteiger charge is 2.41. The Kier molecular flexibility index (Phi) is 10.6. The zero-order valence-corrected chi connectivity index (χ0v) is 24.4. The Morgan fingerprint density at radius 2 is 1.83 bits per heavy atom. The number of ether oxygens (including phenoxy) is 4. The minimum atomic E-state index is -1.46. The molecule has 1 aliphatic heterocycles. The monoisotopic (exact) mass is 609 g/mol. The van der Waals surface area contributed by atoms with Crippen LogP contribution < -0.4 is 10.1 Å². The van der Waals surface area contributed by atoms with E-state index in [1.165, 1.54) is 31.3 Å². The van der Waals surface area contributed by atoms with Crippen molar-refractivity contribution in [2.24, 2.45) is 11.8 Å². The largest absolute Gasteiger partial charge is 0.463 e. The summed E-state index contributed by atoms with van der Waals surface area (Å²) in [5.41, 5.74) is -0.277. The molecule has 12 nitrogen and oxygen atoms in total. The molecule has 1 amide bonds. The lowest BCUT2D eigenvalue weighted by Gasteiger charge is -2.29. The van der Waals surface area contributed by atoms with E-state index in [4.69, 9.17) is 42.1 Å². The fraction of sp³-hybridized carbons (Fsp3) is 0.444. The van der Waals surface area contributed by atoms with E-state index in [0.29, 0.717) is 5.56 Å². The Morgan fingerprint density at radius 1 is 1.12 bits per heavy atom. The van der Waals surface area contributed by atoms with Gasteiger partial charge < -0.3 is 24.3 Å². The zero-order chi connectivity index (χ0) is 30.4. The third kappa shape index (κ3) is 7.70. The van der Waals surface area contributed by atoms with Crippen LogP contribution in [-0.4, -0.2) is 64.6 Å². The second kappa shape index (κ2) is 13.7. The summed E-state index contributed by atoms with van der Waals surface area (Å²) in [7, 11) is 0. The molecule has 3 rings (SSSR count). The van der Waals surface area contributed by atoms with Crippen LogP contribution >= 0.6 is 23.2 Å². The maximum Gasteiger partial charge on any atom is 0.364 e. The van der Waals surface area contributed by atoms with Gasteiger partial charge in [-0.3, -0.25) is 14.4 Å². The highest BCUT2D eigenvalue weighted by atomic mass is 35.5. The van der Waals surface area contributed by atoms with Crippen molar-refractivity contribution in [3.63, 3.8) is 0 Å². The molecule has 4 unspecified atom stereocenters. The Labute approximate surface area is 246 Å². The van der Waals surface area contributed by atoms with E-state index in [0.717, 1.165) is 0 Å². The Morgan fingerprint density at radius 3 is 2.49 bits per heavy atom. The second-order valence-corrected chi connectivity index (χ2v) is 10.3. The summed E-state index contributed by atoms with van der Waals surface area (Å²) in [5, 5.41) is 2.38. The third-order valence-corrected chi connectivity index (χ3v) is 6.64. The highest BCUT2D eigenvalue weighted by molar-refractivity contribution is 6.34. The number of carbonyl (C=O) groups excluding carboxylic acids is 5. The number of nitrogens with one attached hydrogen (secondary N) is 1. The van der Waals surface area contributed by atoms with Crippen molar-refractivity contribution in [1.29, 1.82) is 0 Å². The van der Waals surface area contributed by atoms with Crippen LogP contribution in [0, 0.1) is 18.8 Å². The lowest BCUT2D eigenvalue weighted by molar-refractivity contribution is -0.176. The first-order chi connectivity index (χ1) is 19.3. The van der Waals surface area contributed by atoms with Crippen molar-refractivity contribution < 1.29 is 42.9 Å². The molecule has 3 heterocycles. The number of amides is 1. The van der Waals surface area contributed by atoms with Crippen LogP contribution in [-0.2, 0) is 28.6 Å². The predicted molar refractivity (Wildman–Crippen MR) is 144 cm³/mol. The quantitative estimate of drug-likeness (QED) is 0.278. The standard InChI is InChI=1S/C27H29Cl2N3O9/c1-6-15-22(41-24(34)12(2)3)14(5)39-26(36)17(11-38-25(15)35)31-23(33)20-21(13(4)9-10-30-20)40-27(37)19-16(28)7-8-18(29)32-19/h7-10,12,14-15,17,22H,6,11H2,1-5H3,(H,31,33). The molecule has 4 atom stereocenters. The summed E-state index contributed by atoms with van der Waals surface area (Å²) in [6.07, 6.45) is -0.600. The van der Waals surface area contributed by atoms with Gasteiger partial charge in [-0.2, -0.15) is 0 Å². The number of hydrogen-bond acceptors (Lipinski definition) is 11. The minimum Gasteiger partial charge on any atom is -0.463 e. The molecule has 14 heteroatoms. The molecule has 2 aromatic heterocycles. The minimum absolute atomic E-state index is 0.00348. The van der Waals surface area contributed by atoms with E-state index in [-0.39, 0.29) is 33.7 Å². The Bertz CT molecular complexity index is 1350. The second-order valence-electron chi connectivity index (χ2n) is 9.53. The average molecular weight is 610 g/mol. The lowest BCUT2D eigenvalue weighted by Crippen LogP contribution is -2.47. The Hall–Kier alpha value is -3.77. The zero-order valence-electron chi connectivity index (χ0n) is 22.9. The molecule has 0 radical (unpaired) electrons. The first kappa shape index (κ1) is 31.8.